The molecule has 0 aromatic carbocycles. The van der Waals surface area contributed by atoms with Crippen molar-refractivity contribution in [2.45, 2.75) is 45.2 Å². The molecular formula is C13H24N2O5S. The molecule has 1 aliphatic rings. The van der Waals surface area contributed by atoms with E-state index in [2.05, 4.69) is 5.32 Å². The zero-order valence-electron chi connectivity index (χ0n) is 12.7. The highest BCUT2D eigenvalue weighted by Gasteiger charge is 2.33. The number of carboxylic acids is 1. The van der Waals surface area contributed by atoms with E-state index in [1.807, 2.05) is 13.8 Å². The Bertz CT molecular complexity index is 489. The van der Waals surface area contributed by atoms with Gasteiger partial charge in [-0.05, 0) is 25.2 Å². The highest BCUT2D eigenvalue weighted by molar-refractivity contribution is 7.90. The van der Waals surface area contributed by atoms with Gasteiger partial charge in [-0.2, -0.15) is 0 Å². The van der Waals surface area contributed by atoms with Crippen molar-refractivity contribution in [1.82, 2.24) is 10.2 Å². The minimum atomic E-state index is -3.26. The molecule has 21 heavy (non-hydrogen) atoms. The van der Waals surface area contributed by atoms with E-state index in [0.717, 1.165) is 19.1 Å². The van der Waals surface area contributed by atoms with Gasteiger partial charge in [0.25, 0.3) is 0 Å². The molecule has 2 amide bonds. The third-order valence-corrected chi connectivity index (χ3v) is 4.68. The van der Waals surface area contributed by atoms with Crippen LogP contribution in [0.15, 0.2) is 0 Å². The van der Waals surface area contributed by atoms with Gasteiger partial charge in [0, 0.05) is 18.8 Å². The quantitative estimate of drug-likeness (QED) is 0.750. The molecule has 8 heteroatoms. The van der Waals surface area contributed by atoms with Crippen LogP contribution < -0.4 is 5.32 Å². The smallest absolute Gasteiger partial charge is 0.326 e. The topological polar surface area (TPSA) is 104 Å². The molecule has 0 radical (unpaired) electrons. The molecule has 2 N–H and O–H groups in total. The van der Waals surface area contributed by atoms with E-state index in [9.17, 15) is 18.0 Å². The summed E-state index contributed by atoms with van der Waals surface area (Å²) in [4.78, 5) is 25.0. The first-order valence-electron chi connectivity index (χ1n) is 7.09. The Labute approximate surface area is 125 Å². The minimum Gasteiger partial charge on any atom is -0.480 e. The number of nitrogens with one attached hydrogen (secondary N) is 1. The van der Waals surface area contributed by atoms with E-state index in [1.54, 1.807) is 4.90 Å². The van der Waals surface area contributed by atoms with Crippen molar-refractivity contribution in [2.75, 3.05) is 18.6 Å². The molecule has 2 atom stereocenters. The fraction of sp³-hybridized carbons (Fsp3) is 0.846. The number of urea groups is 1. The molecule has 0 aliphatic carbocycles. The van der Waals surface area contributed by atoms with Gasteiger partial charge in [0.2, 0.25) is 0 Å². The summed E-state index contributed by atoms with van der Waals surface area (Å²) < 4.78 is 22.3. The molecule has 1 aliphatic heterocycles. The van der Waals surface area contributed by atoms with Gasteiger partial charge >= 0.3 is 12.0 Å². The predicted octanol–water partition coefficient (Wildman–Crippen LogP) is 0.704. The van der Waals surface area contributed by atoms with Gasteiger partial charge in [-0.3, -0.25) is 0 Å². The van der Waals surface area contributed by atoms with Crippen molar-refractivity contribution in [3.63, 3.8) is 0 Å². The molecular weight excluding hydrogens is 296 g/mol. The third kappa shape index (κ3) is 5.53. The van der Waals surface area contributed by atoms with Crippen LogP contribution in [0.1, 0.15) is 33.1 Å². The maximum Gasteiger partial charge on any atom is 0.326 e. The molecule has 0 saturated carbocycles. The number of nitrogens with zero attached hydrogens (tertiary/aromatic N) is 1. The van der Waals surface area contributed by atoms with E-state index >= 15 is 0 Å². The van der Waals surface area contributed by atoms with Gasteiger partial charge in [0.1, 0.15) is 15.9 Å². The predicted molar refractivity (Wildman–Crippen MR) is 78.8 cm³/mol. The second-order valence-corrected chi connectivity index (χ2v) is 8.17. The van der Waals surface area contributed by atoms with Gasteiger partial charge in [-0.15, -0.1) is 0 Å². The monoisotopic (exact) mass is 320 g/mol. The summed E-state index contributed by atoms with van der Waals surface area (Å²) in [6.07, 6.45) is 2.73. The Hall–Kier alpha value is -1.31. The first-order valence-corrected chi connectivity index (χ1v) is 9.15. The largest absolute Gasteiger partial charge is 0.480 e. The average molecular weight is 320 g/mol. The summed E-state index contributed by atoms with van der Waals surface area (Å²) in [5.41, 5.74) is 0. The highest BCUT2D eigenvalue weighted by atomic mass is 32.2. The van der Waals surface area contributed by atoms with E-state index < -0.39 is 27.9 Å². The van der Waals surface area contributed by atoms with Crippen LogP contribution in [0.3, 0.4) is 0 Å². The van der Waals surface area contributed by atoms with Crippen LogP contribution in [-0.4, -0.2) is 61.1 Å². The van der Waals surface area contributed by atoms with E-state index in [0.29, 0.717) is 12.5 Å². The maximum absolute atomic E-state index is 12.2. The number of amides is 2. The van der Waals surface area contributed by atoms with Crippen LogP contribution in [0.25, 0.3) is 0 Å². The molecule has 1 heterocycles. The van der Waals surface area contributed by atoms with Crippen molar-refractivity contribution in [3.8, 4) is 0 Å². The lowest BCUT2D eigenvalue weighted by Gasteiger charge is -2.29. The Kier molecular flexibility index (Phi) is 6.00. The van der Waals surface area contributed by atoms with Gasteiger partial charge in [0.15, 0.2) is 0 Å². The molecule has 122 valence electrons. The molecule has 1 saturated heterocycles. The molecule has 0 aromatic heterocycles. The Morgan fingerprint density at radius 3 is 2.48 bits per heavy atom. The van der Waals surface area contributed by atoms with Crippen LogP contribution >= 0.6 is 0 Å². The second kappa shape index (κ2) is 7.11. The molecule has 7 nitrogen and oxygen atoms in total. The van der Waals surface area contributed by atoms with Crippen molar-refractivity contribution in [3.05, 3.63) is 0 Å². The summed E-state index contributed by atoms with van der Waals surface area (Å²) in [5, 5.41) is 11.5. The van der Waals surface area contributed by atoms with Gasteiger partial charge < -0.3 is 15.3 Å². The Balaban J connectivity index is 2.66. The highest BCUT2D eigenvalue weighted by Crippen LogP contribution is 2.23. The molecule has 1 rings (SSSR count). The van der Waals surface area contributed by atoms with Crippen LogP contribution in [0.5, 0.6) is 0 Å². The van der Waals surface area contributed by atoms with Crippen molar-refractivity contribution in [1.29, 1.82) is 0 Å². The molecule has 1 fully saturated rings. The lowest BCUT2D eigenvalue weighted by molar-refractivity contribution is -0.139. The SMILES string of the molecule is CC(C)C1CCCN1C(=O)NC(CCS(C)(=O)=O)C(=O)O. The van der Waals surface area contributed by atoms with E-state index in [4.69, 9.17) is 5.11 Å². The average Bonchev–Trinajstić information content (AvgIpc) is 2.81. The number of carboxylic acid groups (broad SMARTS) is 1. The Morgan fingerprint density at radius 2 is 2.00 bits per heavy atom. The summed E-state index contributed by atoms with van der Waals surface area (Å²) in [6.45, 7) is 4.65. The minimum absolute atomic E-state index is 0.106. The van der Waals surface area contributed by atoms with E-state index in [-0.39, 0.29) is 18.2 Å². The van der Waals surface area contributed by atoms with Crippen molar-refractivity contribution < 1.29 is 23.1 Å². The zero-order chi connectivity index (χ0) is 16.2. The zero-order valence-corrected chi connectivity index (χ0v) is 13.5. The number of hydrogen-bond donors (Lipinski definition) is 2. The van der Waals surface area contributed by atoms with Crippen LogP contribution in [0, 0.1) is 5.92 Å². The Morgan fingerprint density at radius 1 is 1.38 bits per heavy atom. The number of carbonyl (C=O) groups is 2. The first kappa shape index (κ1) is 17.7. The van der Waals surface area contributed by atoms with Crippen LogP contribution in [0.2, 0.25) is 0 Å². The van der Waals surface area contributed by atoms with Gasteiger partial charge in [-0.1, -0.05) is 13.8 Å². The number of hydrogen-bond acceptors (Lipinski definition) is 4. The lowest BCUT2D eigenvalue weighted by Crippen LogP contribution is -2.50. The number of sulfone groups is 1. The van der Waals surface area contributed by atoms with Gasteiger partial charge in [0.05, 0.1) is 5.75 Å². The number of likely N-dealkylation sites (tertiary alicyclic amines) is 1. The van der Waals surface area contributed by atoms with Gasteiger partial charge in [-0.25, -0.2) is 18.0 Å². The first-order chi connectivity index (χ1) is 9.61. The third-order valence-electron chi connectivity index (χ3n) is 3.70. The van der Waals surface area contributed by atoms with Crippen LogP contribution in [0.4, 0.5) is 4.79 Å². The summed E-state index contributed by atoms with van der Waals surface area (Å²) in [6, 6.07) is -1.50. The normalized spacial score (nSPS) is 20.6. The van der Waals surface area contributed by atoms with Crippen molar-refractivity contribution >= 4 is 21.8 Å². The molecule has 0 bridgehead atoms. The number of aliphatic carboxylic acids is 1. The fourth-order valence-electron chi connectivity index (χ4n) is 2.56. The van der Waals surface area contributed by atoms with Crippen LogP contribution in [-0.2, 0) is 14.6 Å². The summed E-state index contributed by atoms with van der Waals surface area (Å²) in [5.74, 6) is -1.18. The lowest BCUT2D eigenvalue weighted by atomic mass is 10.0. The fourth-order valence-corrected chi connectivity index (χ4v) is 3.22. The number of carbonyl (C=O) groups excluding carboxylic acids is 1. The van der Waals surface area contributed by atoms with E-state index in [1.165, 1.54) is 0 Å². The summed E-state index contributed by atoms with van der Waals surface area (Å²) >= 11 is 0. The summed E-state index contributed by atoms with van der Waals surface area (Å²) in [7, 11) is -3.26. The standard InChI is InChI=1S/C13H24N2O5S/c1-9(2)11-5-4-7-15(11)13(18)14-10(12(16)17)6-8-21(3,19)20/h9-11H,4-8H2,1-3H3,(H,14,18)(H,16,17). The molecule has 0 aromatic rings. The maximum atomic E-state index is 12.2. The number of rotatable bonds is 6. The molecule has 2 unspecified atom stereocenters. The molecule has 0 spiro atoms. The second-order valence-electron chi connectivity index (χ2n) is 5.91. The van der Waals surface area contributed by atoms with Crippen molar-refractivity contribution in [2.24, 2.45) is 5.92 Å².